The molecule has 0 bridgehead atoms. The minimum absolute atomic E-state index is 0.0931. The van der Waals surface area contributed by atoms with Crippen LogP contribution in [-0.2, 0) is 0 Å². The van der Waals surface area contributed by atoms with E-state index < -0.39 is 17.7 Å². The molecular formula is C11H12F3N3O2. The van der Waals surface area contributed by atoms with Gasteiger partial charge in [-0.15, -0.1) is 5.10 Å². The van der Waals surface area contributed by atoms with Crippen molar-refractivity contribution in [2.24, 2.45) is 0 Å². The number of aryl methyl sites for hydroxylation is 1. The minimum Gasteiger partial charge on any atom is -0.478 e. The molecule has 0 spiro atoms. The van der Waals surface area contributed by atoms with E-state index >= 15 is 0 Å². The molecule has 8 heteroatoms. The number of rotatable bonds is 3. The number of aromatic nitrogens is 2. The molecule has 2 rings (SSSR count). The lowest BCUT2D eigenvalue weighted by Gasteiger charge is -2.22. The molecule has 1 heterocycles. The zero-order chi connectivity index (χ0) is 14.4. The van der Waals surface area contributed by atoms with Crippen molar-refractivity contribution in [2.75, 3.05) is 5.32 Å². The van der Waals surface area contributed by atoms with Crippen LogP contribution in [0.15, 0.2) is 0 Å². The number of nitrogens with zero attached hydrogens (tertiary/aromatic N) is 2. The number of hydrogen-bond acceptors (Lipinski definition) is 4. The molecular weight excluding hydrogens is 263 g/mol. The summed E-state index contributed by atoms with van der Waals surface area (Å²) in [5, 5.41) is 18.5. The number of halogens is 3. The van der Waals surface area contributed by atoms with Crippen molar-refractivity contribution in [3.8, 4) is 0 Å². The third-order valence-electron chi connectivity index (χ3n) is 3.32. The molecule has 0 unspecified atom stereocenters. The van der Waals surface area contributed by atoms with Gasteiger partial charge in [-0.25, -0.2) is 4.79 Å². The van der Waals surface area contributed by atoms with Gasteiger partial charge >= 0.3 is 12.1 Å². The van der Waals surface area contributed by atoms with Gasteiger partial charge in [0, 0.05) is 0 Å². The van der Waals surface area contributed by atoms with E-state index in [9.17, 15) is 18.0 Å². The van der Waals surface area contributed by atoms with E-state index in [4.69, 9.17) is 5.11 Å². The van der Waals surface area contributed by atoms with Crippen molar-refractivity contribution >= 4 is 11.8 Å². The molecule has 1 aromatic rings. The minimum atomic E-state index is -4.44. The van der Waals surface area contributed by atoms with Crippen LogP contribution in [0.4, 0.5) is 19.0 Å². The van der Waals surface area contributed by atoms with Crippen LogP contribution in [0.25, 0.3) is 0 Å². The van der Waals surface area contributed by atoms with Crippen LogP contribution in [0.1, 0.15) is 34.5 Å². The van der Waals surface area contributed by atoms with Gasteiger partial charge in [-0.05, 0) is 32.3 Å². The summed E-state index contributed by atoms with van der Waals surface area (Å²) < 4.78 is 38.5. The van der Waals surface area contributed by atoms with Gasteiger partial charge in [0.1, 0.15) is 11.1 Å². The lowest BCUT2D eigenvalue weighted by Crippen LogP contribution is -2.39. The Hall–Kier alpha value is -1.86. The predicted molar refractivity (Wildman–Crippen MR) is 60.1 cm³/mol. The van der Waals surface area contributed by atoms with E-state index in [0.717, 1.165) is 0 Å². The van der Waals surface area contributed by atoms with Gasteiger partial charge in [0.2, 0.25) is 0 Å². The monoisotopic (exact) mass is 275 g/mol. The zero-order valence-electron chi connectivity index (χ0n) is 10.3. The van der Waals surface area contributed by atoms with Crippen molar-refractivity contribution in [2.45, 2.75) is 38.4 Å². The fraction of sp³-hybridized carbons (Fsp3) is 0.545. The van der Waals surface area contributed by atoms with Gasteiger partial charge in [0.05, 0.1) is 5.69 Å². The maximum atomic E-state index is 12.8. The van der Waals surface area contributed by atoms with Crippen molar-refractivity contribution in [1.29, 1.82) is 0 Å². The molecule has 0 amide bonds. The Morgan fingerprint density at radius 1 is 1.32 bits per heavy atom. The quantitative estimate of drug-likeness (QED) is 0.885. The van der Waals surface area contributed by atoms with Crippen LogP contribution < -0.4 is 5.32 Å². The van der Waals surface area contributed by atoms with Crippen LogP contribution in [0, 0.1) is 13.8 Å². The van der Waals surface area contributed by atoms with E-state index in [-0.39, 0.29) is 24.2 Å². The SMILES string of the molecule is Cc1nnc(NC2(C(F)(F)F)CC2)c(C(=O)O)c1C. The smallest absolute Gasteiger partial charge is 0.411 e. The Morgan fingerprint density at radius 2 is 1.89 bits per heavy atom. The maximum absolute atomic E-state index is 12.8. The highest BCUT2D eigenvalue weighted by atomic mass is 19.4. The lowest BCUT2D eigenvalue weighted by molar-refractivity contribution is -0.151. The number of nitrogens with one attached hydrogen (secondary N) is 1. The average Bonchev–Trinajstić information content (AvgIpc) is 3.03. The number of carboxylic acid groups (broad SMARTS) is 1. The molecule has 0 aliphatic heterocycles. The summed E-state index contributed by atoms with van der Waals surface area (Å²) >= 11 is 0. The summed E-state index contributed by atoms with van der Waals surface area (Å²) in [7, 11) is 0. The Labute approximate surface area is 106 Å². The molecule has 1 fully saturated rings. The zero-order valence-corrected chi connectivity index (χ0v) is 10.3. The number of hydrogen-bond donors (Lipinski definition) is 2. The van der Waals surface area contributed by atoms with Gasteiger partial charge in [0.25, 0.3) is 0 Å². The van der Waals surface area contributed by atoms with Crippen molar-refractivity contribution < 1.29 is 23.1 Å². The standard InChI is InChI=1S/C11H12F3N3O2/c1-5-6(2)16-17-8(7(5)9(18)19)15-10(3-4-10)11(12,13)14/h3-4H2,1-2H3,(H,15,17)(H,18,19). The maximum Gasteiger partial charge on any atom is 0.411 e. The van der Waals surface area contributed by atoms with Gasteiger partial charge in [-0.2, -0.15) is 18.3 Å². The molecule has 1 aliphatic carbocycles. The Kier molecular flexibility index (Phi) is 2.91. The highest BCUT2D eigenvalue weighted by Crippen LogP contribution is 2.51. The molecule has 5 nitrogen and oxygen atoms in total. The fourth-order valence-corrected chi connectivity index (χ4v) is 1.79. The van der Waals surface area contributed by atoms with E-state index in [1.807, 2.05) is 0 Å². The molecule has 0 saturated heterocycles. The summed E-state index contributed by atoms with van der Waals surface area (Å²) in [6.45, 7) is 3.04. The number of anilines is 1. The van der Waals surface area contributed by atoms with E-state index in [1.165, 1.54) is 6.92 Å². The second kappa shape index (κ2) is 4.07. The first-order valence-corrected chi connectivity index (χ1v) is 5.60. The van der Waals surface area contributed by atoms with Crippen molar-refractivity contribution in [3.05, 3.63) is 16.8 Å². The summed E-state index contributed by atoms with van der Waals surface area (Å²) in [6.07, 6.45) is -4.63. The summed E-state index contributed by atoms with van der Waals surface area (Å²) in [5.74, 6) is -1.65. The fourth-order valence-electron chi connectivity index (χ4n) is 1.79. The first-order chi connectivity index (χ1) is 8.68. The topological polar surface area (TPSA) is 75.1 Å². The number of carbonyl (C=O) groups is 1. The highest BCUT2D eigenvalue weighted by molar-refractivity contribution is 5.95. The normalized spacial score (nSPS) is 17.1. The molecule has 0 aromatic carbocycles. The van der Waals surface area contributed by atoms with E-state index in [1.54, 1.807) is 6.92 Å². The summed E-state index contributed by atoms with van der Waals surface area (Å²) in [4.78, 5) is 11.2. The van der Waals surface area contributed by atoms with E-state index in [0.29, 0.717) is 11.3 Å². The number of aromatic carboxylic acids is 1. The molecule has 1 aliphatic rings. The van der Waals surface area contributed by atoms with Crippen LogP contribution in [0.2, 0.25) is 0 Å². The number of carboxylic acids is 1. The van der Waals surface area contributed by atoms with Gasteiger partial charge in [0.15, 0.2) is 5.82 Å². The number of alkyl halides is 3. The largest absolute Gasteiger partial charge is 0.478 e. The molecule has 1 aromatic heterocycles. The first kappa shape index (κ1) is 13.6. The van der Waals surface area contributed by atoms with Crippen LogP contribution in [-0.4, -0.2) is 33.0 Å². The third-order valence-corrected chi connectivity index (χ3v) is 3.32. The molecule has 1 saturated carbocycles. The Balaban J connectivity index is 2.42. The Morgan fingerprint density at radius 3 is 2.32 bits per heavy atom. The van der Waals surface area contributed by atoms with Crippen LogP contribution in [0.3, 0.4) is 0 Å². The molecule has 104 valence electrons. The van der Waals surface area contributed by atoms with Crippen molar-refractivity contribution in [3.63, 3.8) is 0 Å². The van der Waals surface area contributed by atoms with E-state index in [2.05, 4.69) is 15.5 Å². The predicted octanol–water partition coefficient (Wildman–Crippen LogP) is 2.30. The van der Waals surface area contributed by atoms with Crippen molar-refractivity contribution in [1.82, 2.24) is 10.2 Å². The third kappa shape index (κ3) is 2.22. The second-order valence-electron chi connectivity index (χ2n) is 4.64. The molecule has 19 heavy (non-hydrogen) atoms. The van der Waals surface area contributed by atoms with Gasteiger partial charge in [-0.1, -0.05) is 0 Å². The molecule has 0 atom stereocenters. The summed E-state index contributed by atoms with van der Waals surface area (Å²) in [6, 6.07) is 0. The molecule has 2 N–H and O–H groups in total. The second-order valence-corrected chi connectivity index (χ2v) is 4.64. The Bertz CT molecular complexity index is 539. The van der Waals surface area contributed by atoms with Crippen LogP contribution >= 0.6 is 0 Å². The molecule has 0 radical (unpaired) electrons. The highest BCUT2D eigenvalue weighted by Gasteiger charge is 2.64. The van der Waals surface area contributed by atoms with Crippen LogP contribution in [0.5, 0.6) is 0 Å². The van der Waals surface area contributed by atoms with Gasteiger partial charge in [-0.3, -0.25) is 0 Å². The first-order valence-electron chi connectivity index (χ1n) is 5.60. The lowest BCUT2D eigenvalue weighted by atomic mass is 10.1. The average molecular weight is 275 g/mol. The van der Waals surface area contributed by atoms with Gasteiger partial charge < -0.3 is 10.4 Å². The summed E-state index contributed by atoms with van der Waals surface area (Å²) in [5.41, 5.74) is -1.64.